The molecule has 0 bridgehead atoms. The number of carbonyl (C=O) groups is 1. The van der Waals surface area contributed by atoms with Gasteiger partial charge >= 0.3 is 5.97 Å². The van der Waals surface area contributed by atoms with Gasteiger partial charge in [-0.25, -0.2) is 9.78 Å². The molecule has 0 unspecified atom stereocenters. The number of non-ortho nitro benzene ring substituents is 1. The third kappa shape index (κ3) is 3.39. The van der Waals surface area contributed by atoms with Crippen LogP contribution in [0.25, 0.3) is 11.3 Å². The van der Waals surface area contributed by atoms with Crippen molar-refractivity contribution in [3.63, 3.8) is 0 Å². The van der Waals surface area contributed by atoms with Gasteiger partial charge in [-0.1, -0.05) is 18.2 Å². The number of thiazole rings is 1. The number of aromatic nitrogens is 1. The lowest BCUT2D eigenvalue weighted by atomic mass is 10.1. The minimum Gasteiger partial charge on any atom is -0.478 e. The van der Waals surface area contributed by atoms with E-state index in [-0.39, 0.29) is 11.3 Å². The molecule has 3 aromatic rings. The van der Waals surface area contributed by atoms with Gasteiger partial charge in [-0.2, -0.15) is 0 Å². The highest BCUT2D eigenvalue weighted by atomic mass is 32.1. The zero-order chi connectivity index (χ0) is 17.1. The van der Waals surface area contributed by atoms with Gasteiger partial charge in [-0.15, -0.1) is 11.3 Å². The lowest BCUT2D eigenvalue weighted by Gasteiger charge is -2.03. The molecule has 0 saturated carbocycles. The Labute approximate surface area is 140 Å². The minimum absolute atomic E-state index is 0.00386. The van der Waals surface area contributed by atoms with Gasteiger partial charge in [0.2, 0.25) is 0 Å². The summed E-state index contributed by atoms with van der Waals surface area (Å²) in [5.74, 6) is -1.00. The molecule has 0 aliphatic rings. The van der Waals surface area contributed by atoms with E-state index in [1.165, 1.54) is 35.6 Å². The average molecular weight is 341 g/mol. The molecule has 0 saturated heterocycles. The molecule has 120 valence electrons. The Morgan fingerprint density at radius 2 is 2.00 bits per heavy atom. The van der Waals surface area contributed by atoms with Gasteiger partial charge in [0.05, 0.1) is 16.2 Å². The summed E-state index contributed by atoms with van der Waals surface area (Å²) in [4.78, 5) is 25.8. The van der Waals surface area contributed by atoms with Crippen LogP contribution in [0, 0.1) is 10.1 Å². The largest absolute Gasteiger partial charge is 0.478 e. The lowest BCUT2D eigenvalue weighted by Crippen LogP contribution is -1.97. The third-order valence-electron chi connectivity index (χ3n) is 3.22. The molecule has 7 nitrogen and oxygen atoms in total. The summed E-state index contributed by atoms with van der Waals surface area (Å²) in [6.07, 6.45) is 0. The van der Waals surface area contributed by atoms with Gasteiger partial charge in [0.15, 0.2) is 5.13 Å². The maximum Gasteiger partial charge on any atom is 0.335 e. The van der Waals surface area contributed by atoms with Crippen molar-refractivity contribution in [3.05, 3.63) is 69.6 Å². The number of hydrogen-bond donors (Lipinski definition) is 2. The van der Waals surface area contributed by atoms with Crippen molar-refractivity contribution < 1.29 is 14.8 Å². The fourth-order valence-electron chi connectivity index (χ4n) is 2.10. The number of hydrogen-bond acceptors (Lipinski definition) is 6. The van der Waals surface area contributed by atoms with Crippen LogP contribution in [0.5, 0.6) is 0 Å². The minimum atomic E-state index is -1.00. The second-order valence-corrected chi connectivity index (χ2v) is 5.71. The van der Waals surface area contributed by atoms with Crippen LogP contribution in [0.2, 0.25) is 0 Å². The van der Waals surface area contributed by atoms with Gasteiger partial charge in [0.25, 0.3) is 5.69 Å². The summed E-state index contributed by atoms with van der Waals surface area (Å²) in [5, 5.41) is 25.2. The Morgan fingerprint density at radius 3 is 2.75 bits per heavy atom. The van der Waals surface area contributed by atoms with Crippen LogP contribution in [-0.4, -0.2) is 21.0 Å². The van der Waals surface area contributed by atoms with E-state index < -0.39 is 10.9 Å². The first-order valence-electron chi connectivity index (χ1n) is 6.83. The molecule has 1 heterocycles. The Balaban J connectivity index is 1.83. The van der Waals surface area contributed by atoms with E-state index >= 15 is 0 Å². The van der Waals surface area contributed by atoms with E-state index in [0.717, 1.165) is 0 Å². The van der Waals surface area contributed by atoms with E-state index in [1.807, 2.05) is 0 Å². The van der Waals surface area contributed by atoms with Gasteiger partial charge < -0.3 is 10.4 Å². The van der Waals surface area contributed by atoms with Crippen LogP contribution in [-0.2, 0) is 0 Å². The number of aromatic carboxylic acids is 1. The van der Waals surface area contributed by atoms with Crippen molar-refractivity contribution in [3.8, 4) is 11.3 Å². The Morgan fingerprint density at radius 1 is 1.21 bits per heavy atom. The average Bonchev–Trinajstić information content (AvgIpc) is 3.03. The van der Waals surface area contributed by atoms with E-state index in [9.17, 15) is 14.9 Å². The molecule has 3 rings (SSSR count). The lowest BCUT2D eigenvalue weighted by molar-refractivity contribution is -0.384. The number of nitrogens with zero attached hydrogens (tertiary/aromatic N) is 2. The molecule has 8 heteroatoms. The molecule has 2 aromatic carbocycles. The fraction of sp³-hybridized carbons (Fsp3) is 0. The summed E-state index contributed by atoms with van der Waals surface area (Å²) in [7, 11) is 0. The van der Waals surface area contributed by atoms with Crippen LogP contribution in [0.4, 0.5) is 16.5 Å². The third-order valence-corrected chi connectivity index (χ3v) is 3.98. The SMILES string of the molecule is O=C(O)c1cccc(Nc2nc(-c3cccc([N+](=O)[O-])c3)cs2)c1. The number of rotatable bonds is 5. The maximum absolute atomic E-state index is 11.0. The number of nitro groups is 1. The Bertz CT molecular complexity index is 923. The van der Waals surface area contributed by atoms with Crippen LogP contribution in [0.15, 0.2) is 53.9 Å². The number of carboxylic acids is 1. The molecule has 24 heavy (non-hydrogen) atoms. The van der Waals surface area contributed by atoms with Crippen LogP contribution in [0.1, 0.15) is 10.4 Å². The van der Waals surface area contributed by atoms with Gasteiger partial charge in [-0.05, 0) is 18.2 Å². The van der Waals surface area contributed by atoms with E-state index in [1.54, 1.807) is 29.6 Å². The first-order valence-corrected chi connectivity index (χ1v) is 7.71. The van der Waals surface area contributed by atoms with Crippen molar-refractivity contribution in [1.82, 2.24) is 4.98 Å². The second kappa shape index (κ2) is 6.47. The fourth-order valence-corrected chi connectivity index (χ4v) is 2.84. The highest BCUT2D eigenvalue weighted by molar-refractivity contribution is 7.14. The van der Waals surface area contributed by atoms with E-state index in [2.05, 4.69) is 10.3 Å². The van der Waals surface area contributed by atoms with Crippen molar-refractivity contribution in [2.45, 2.75) is 0 Å². The monoisotopic (exact) mass is 341 g/mol. The van der Waals surface area contributed by atoms with Gasteiger partial charge in [-0.3, -0.25) is 10.1 Å². The number of carboxylic acid groups (broad SMARTS) is 1. The predicted octanol–water partition coefficient (Wildman–Crippen LogP) is 4.16. The van der Waals surface area contributed by atoms with Crippen molar-refractivity contribution >= 4 is 33.8 Å². The summed E-state index contributed by atoms with van der Waals surface area (Å²) < 4.78 is 0. The molecule has 0 aliphatic carbocycles. The number of anilines is 2. The molecule has 0 atom stereocenters. The summed E-state index contributed by atoms with van der Waals surface area (Å²) in [5.41, 5.74) is 2.04. The standard InChI is InChI=1S/C16H11N3O4S/c20-15(21)11-4-1-5-12(7-11)17-16-18-14(9-24-16)10-3-2-6-13(8-10)19(22)23/h1-9H,(H,17,18)(H,20,21). The maximum atomic E-state index is 11.0. The highest BCUT2D eigenvalue weighted by Gasteiger charge is 2.10. The first kappa shape index (κ1) is 15.6. The molecule has 0 radical (unpaired) electrons. The Hall–Kier alpha value is -3.26. The number of nitrogens with one attached hydrogen (secondary N) is 1. The van der Waals surface area contributed by atoms with E-state index in [0.29, 0.717) is 22.1 Å². The quantitative estimate of drug-likeness (QED) is 0.533. The van der Waals surface area contributed by atoms with Crippen LogP contribution < -0.4 is 5.32 Å². The van der Waals surface area contributed by atoms with Crippen LogP contribution in [0.3, 0.4) is 0 Å². The molecule has 0 amide bonds. The van der Waals surface area contributed by atoms with E-state index in [4.69, 9.17) is 5.11 Å². The topological polar surface area (TPSA) is 105 Å². The molecule has 0 fully saturated rings. The normalized spacial score (nSPS) is 10.3. The molecule has 0 spiro atoms. The number of nitro benzene ring substituents is 1. The van der Waals surface area contributed by atoms with Crippen molar-refractivity contribution in [2.75, 3.05) is 5.32 Å². The Kier molecular flexibility index (Phi) is 4.21. The summed E-state index contributed by atoms with van der Waals surface area (Å²) in [6, 6.07) is 12.6. The van der Waals surface area contributed by atoms with Crippen molar-refractivity contribution in [1.29, 1.82) is 0 Å². The van der Waals surface area contributed by atoms with Crippen LogP contribution >= 0.6 is 11.3 Å². The molecule has 0 aliphatic heterocycles. The molecule has 2 N–H and O–H groups in total. The smallest absolute Gasteiger partial charge is 0.335 e. The molecular formula is C16H11N3O4S. The molecular weight excluding hydrogens is 330 g/mol. The number of benzene rings is 2. The zero-order valence-electron chi connectivity index (χ0n) is 12.2. The summed E-state index contributed by atoms with van der Waals surface area (Å²) in [6.45, 7) is 0. The highest BCUT2D eigenvalue weighted by Crippen LogP contribution is 2.29. The summed E-state index contributed by atoms with van der Waals surface area (Å²) >= 11 is 1.33. The van der Waals surface area contributed by atoms with Gasteiger partial charge in [0, 0.05) is 28.8 Å². The predicted molar refractivity (Wildman–Crippen MR) is 90.9 cm³/mol. The zero-order valence-corrected chi connectivity index (χ0v) is 13.0. The first-order chi connectivity index (χ1) is 11.5. The molecule has 1 aromatic heterocycles. The van der Waals surface area contributed by atoms with Gasteiger partial charge in [0.1, 0.15) is 0 Å². The van der Waals surface area contributed by atoms with Crippen molar-refractivity contribution in [2.24, 2.45) is 0 Å². The second-order valence-electron chi connectivity index (χ2n) is 4.86.